The van der Waals surface area contributed by atoms with E-state index in [0.29, 0.717) is 16.7 Å². The maximum Gasteiger partial charge on any atom is 0.341 e. The predicted molar refractivity (Wildman–Crippen MR) is 100 cm³/mol. The van der Waals surface area contributed by atoms with Crippen LogP contribution in [0.1, 0.15) is 5.56 Å². The summed E-state index contributed by atoms with van der Waals surface area (Å²) in [7, 11) is 0. The van der Waals surface area contributed by atoms with Crippen LogP contribution >= 0.6 is 0 Å². The number of halogens is 3. The zero-order valence-corrected chi connectivity index (χ0v) is 15.0. The molecule has 0 saturated carbocycles. The summed E-state index contributed by atoms with van der Waals surface area (Å²) in [6.45, 7) is -0.927. The summed E-state index contributed by atoms with van der Waals surface area (Å²) < 4.78 is 46.7. The van der Waals surface area contributed by atoms with Crippen LogP contribution in [0.5, 0.6) is 11.5 Å². The van der Waals surface area contributed by atoms with E-state index in [2.05, 4.69) is 5.32 Å². The van der Waals surface area contributed by atoms with Gasteiger partial charge in [-0.3, -0.25) is 0 Å². The number of carboxylic acids is 1. The van der Waals surface area contributed by atoms with E-state index in [1.165, 1.54) is 18.2 Å². The number of phenols is 1. The molecule has 3 aromatic carbocycles. The van der Waals surface area contributed by atoms with Crippen LogP contribution in [0.3, 0.4) is 0 Å². The van der Waals surface area contributed by atoms with Gasteiger partial charge < -0.3 is 20.3 Å². The first-order valence-electron chi connectivity index (χ1n) is 8.49. The molecular formula is C21H16F3NO4. The fraction of sp³-hybridized carbons (Fsp3) is 0.0952. The lowest BCUT2D eigenvalue weighted by Gasteiger charge is -2.14. The minimum atomic E-state index is -1.30. The Balaban J connectivity index is 1.83. The van der Waals surface area contributed by atoms with Crippen LogP contribution in [0, 0.1) is 17.5 Å². The van der Waals surface area contributed by atoms with Crippen molar-refractivity contribution in [2.24, 2.45) is 0 Å². The quantitative estimate of drug-likeness (QED) is 0.539. The summed E-state index contributed by atoms with van der Waals surface area (Å²) in [5.74, 6) is -4.26. The van der Waals surface area contributed by atoms with Crippen molar-refractivity contribution < 1.29 is 32.9 Å². The normalized spacial score (nSPS) is 10.6. The van der Waals surface area contributed by atoms with E-state index in [0.717, 1.165) is 12.1 Å². The first-order chi connectivity index (χ1) is 13.8. The minimum absolute atomic E-state index is 0.114. The Morgan fingerprint density at radius 3 is 2.48 bits per heavy atom. The summed E-state index contributed by atoms with van der Waals surface area (Å²) in [6.07, 6.45) is 0. The molecule has 0 spiro atoms. The van der Waals surface area contributed by atoms with Gasteiger partial charge in [0.15, 0.2) is 18.2 Å². The second kappa shape index (κ2) is 8.55. The molecule has 3 N–H and O–H groups in total. The Labute approximate surface area is 164 Å². The maximum atomic E-state index is 14.5. The zero-order valence-electron chi connectivity index (χ0n) is 15.0. The molecule has 0 aliphatic rings. The largest absolute Gasteiger partial charge is 0.508 e. The molecule has 0 heterocycles. The molecule has 0 radical (unpaired) electrons. The SMILES string of the molecule is O=C(O)COc1ccc(F)c(NCc2cc(-c3cccc(F)c3)ccc2O)c1F. The van der Waals surface area contributed by atoms with Gasteiger partial charge in [0, 0.05) is 12.1 Å². The van der Waals surface area contributed by atoms with Crippen LogP contribution in [-0.2, 0) is 11.3 Å². The van der Waals surface area contributed by atoms with Crippen LogP contribution in [0.25, 0.3) is 11.1 Å². The van der Waals surface area contributed by atoms with Gasteiger partial charge in [0.05, 0.1) is 0 Å². The molecule has 0 atom stereocenters. The van der Waals surface area contributed by atoms with Crippen molar-refractivity contribution in [2.75, 3.05) is 11.9 Å². The fourth-order valence-corrected chi connectivity index (χ4v) is 2.70. The van der Waals surface area contributed by atoms with E-state index in [9.17, 15) is 23.1 Å². The molecule has 3 rings (SSSR count). The zero-order chi connectivity index (χ0) is 21.0. The Morgan fingerprint density at radius 2 is 1.76 bits per heavy atom. The van der Waals surface area contributed by atoms with Gasteiger partial charge in [-0.2, -0.15) is 0 Å². The first kappa shape index (κ1) is 20.1. The highest BCUT2D eigenvalue weighted by Crippen LogP contribution is 2.30. The monoisotopic (exact) mass is 403 g/mol. The Kier molecular flexibility index (Phi) is 5.92. The van der Waals surface area contributed by atoms with E-state index in [1.54, 1.807) is 24.3 Å². The second-order valence-corrected chi connectivity index (χ2v) is 6.12. The lowest BCUT2D eigenvalue weighted by atomic mass is 10.0. The van der Waals surface area contributed by atoms with E-state index >= 15 is 0 Å². The number of hydrogen-bond donors (Lipinski definition) is 3. The van der Waals surface area contributed by atoms with Crippen molar-refractivity contribution in [3.63, 3.8) is 0 Å². The number of nitrogens with one attached hydrogen (secondary N) is 1. The molecule has 3 aromatic rings. The van der Waals surface area contributed by atoms with Crippen molar-refractivity contribution in [2.45, 2.75) is 6.54 Å². The van der Waals surface area contributed by atoms with Crippen molar-refractivity contribution in [1.82, 2.24) is 0 Å². The fourth-order valence-electron chi connectivity index (χ4n) is 2.70. The topological polar surface area (TPSA) is 78.8 Å². The van der Waals surface area contributed by atoms with Crippen molar-refractivity contribution >= 4 is 11.7 Å². The van der Waals surface area contributed by atoms with Gasteiger partial charge in [-0.05, 0) is 47.5 Å². The third-order valence-electron chi connectivity index (χ3n) is 4.10. The molecule has 0 unspecified atom stereocenters. The van der Waals surface area contributed by atoms with E-state index in [1.807, 2.05) is 0 Å². The molecule has 0 bridgehead atoms. The number of aliphatic carboxylic acids is 1. The highest BCUT2D eigenvalue weighted by atomic mass is 19.1. The van der Waals surface area contributed by atoms with E-state index in [-0.39, 0.29) is 12.3 Å². The smallest absolute Gasteiger partial charge is 0.341 e. The molecule has 0 aromatic heterocycles. The van der Waals surface area contributed by atoms with Gasteiger partial charge >= 0.3 is 5.97 Å². The predicted octanol–water partition coefficient (Wildman–Crippen LogP) is 4.55. The lowest BCUT2D eigenvalue weighted by molar-refractivity contribution is -0.139. The number of ether oxygens (including phenoxy) is 1. The average Bonchev–Trinajstić information content (AvgIpc) is 2.68. The van der Waals surface area contributed by atoms with Gasteiger partial charge in [-0.1, -0.05) is 18.2 Å². The summed E-state index contributed by atoms with van der Waals surface area (Å²) in [5, 5.41) is 21.2. The number of phenolic OH excluding ortho intramolecular Hbond substituents is 1. The molecule has 150 valence electrons. The van der Waals surface area contributed by atoms with Gasteiger partial charge in [0.2, 0.25) is 0 Å². The molecular weight excluding hydrogens is 387 g/mol. The van der Waals surface area contributed by atoms with Crippen molar-refractivity contribution in [3.05, 3.63) is 77.6 Å². The maximum absolute atomic E-state index is 14.5. The van der Waals surface area contributed by atoms with Crippen LogP contribution in [-0.4, -0.2) is 22.8 Å². The first-order valence-corrected chi connectivity index (χ1v) is 8.49. The molecule has 5 nitrogen and oxygen atoms in total. The summed E-state index contributed by atoms with van der Waals surface area (Å²) >= 11 is 0. The average molecular weight is 403 g/mol. The molecule has 0 amide bonds. The summed E-state index contributed by atoms with van der Waals surface area (Å²) in [6, 6.07) is 12.3. The number of carbonyl (C=O) groups is 1. The second-order valence-electron chi connectivity index (χ2n) is 6.12. The minimum Gasteiger partial charge on any atom is -0.508 e. The number of rotatable bonds is 7. The van der Waals surface area contributed by atoms with Gasteiger partial charge in [0.25, 0.3) is 0 Å². The number of anilines is 1. The van der Waals surface area contributed by atoms with E-state index < -0.39 is 41.5 Å². The number of carboxylic acid groups (broad SMARTS) is 1. The Bertz CT molecular complexity index is 1060. The van der Waals surface area contributed by atoms with Gasteiger partial charge in [-0.25, -0.2) is 18.0 Å². The number of benzene rings is 3. The summed E-state index contributed by atoms with van der Waals surface area (Å²) in [4.78, 5) is 10.6. The van der Waals surface area contributed by atoms with Gasteiger partial charge in [-0.15, -0.1) is 0 Å². The molecule has 29 heavy (non-hydrogen) atoms. The third kappa shape index (κ3) is 4.78. The van der Waals surface area contributed by atoms with Crippen LogP contribution in [0.15, 0.2) is 54.6 Å². The molecule has 8 heteroatoms. The molecule has 0 aliphatic carbocycles. The lowest BCUT2D eigenvalue weighted by Crippen LogP contribution is -2.12. The molecule has 0 fully saturated rings. The summed E-state index contributed by atoms with van der Waals surface area (Å²) in [5.41, 5.74) is 0.983. The number of hydrogen-bond acceptors (Lipinski definition) is 4. The molecule has 0 saturated heterocycles. The van der Waals surface area contributed by atoms with Crippen LogP contribution in [0.4, 0.5) is 18.9 Å². The highest BCUT2D eigenvalue weighted by Gasteiger charge is 2.16. The van der Waals surface area contributed by atoms with Crippen molar-refractivity contribution in [1.29, 1.82) is 0 Å². The van der Waals surface area contributed by atoms with Gasteiger partial charge in [0.1, 0.15) is 23.1 Å². The Morgan fingerprint density at radius 1 is 1.00 bits per heavy atom. The van der Waals surface area contributed by atoms with Crippen molar-refractivity contribution in [3.8, 4) is 22.6 Å². The van der Waals surface area contributed by atoms with Crippen LogP contribution in [0.2, 0.25) is 0 Å². The third-order valence-corrected chi connectivity index (χ3v) is 4.10. The van der Waals surface area contributed by atoms with Crippen LogP contribution < -0.4 is 10.1 Å². The highest BCUT2D eigenvalue weighted by molar-refractivity contribution is 5.69. The molecule has 0 aliphatic heterocycles. The van der Waals surface area contributed by atoms with E-state index in [4.69, 9.17) is 9.84 Å². The Hall–Kier alpha value is -3.68. The standard InChI is InChI=1S/C21H16F3NO4/c22-15-3-1-2-12(9-15)13-4-6-17(26)14(8-13)10-25-21-16(23)5-7-18(20(21)24)29-11-19(27)28/h1-9,25-26H,10-11H2,(H,27,28). The number of aromatic hydroxyl groups is 1.